The Morgan fingerprint density at radius 2 is 1.85 bits per heavy atom. The van der Waals surface area contributed by atoms with Gasteiger partial charge >= 0.3 is 0 Å². The van der Waals surface area contributed by atoms with Gasteiger partial charge in [-0.15, -0.1) is 10.2 Å². The van der Waals surface area contributed by atoms with Gasteiger partial charge in [0.1, 0.15) is 5.82 Å². The molecule has 0 aliphatic carbocycles. The van der Waals surface area contributed by atoms with Crippen LogP contribution in [0.3, 0.4) is 0 Å². The number of amides is 1. The van der Waals surface area contributed by atoms with Crippen LogP contribution in [0, 0.1) is 12.7 Å². The standard InChI is InChI=1S/C18H17FN4OS2/c1-12-2-8-15(9-3-12)21-16(24)11-25-18-23-22-17(26-18)20-10-13-4-6-14(19)7-5-13/h2-9H,10-11H2,1H3,(H,20,22)(H,21,24). The average molecular weight is 388 g/mol. The summed E-state index contributed by atoms with van der Waals surface area (Å²) in [5.74, 6) is -0.0809. The van der Waals surface area contributed by atoms with Crippen molar-refractivity contribution in [3.63, 3.8) is 0 Å². The van der Waals surface area contributed by atoms with Gasteiger partial charge in [0.2, 0.25) is 11.0 Å². The second-order valence-corrected chi connectivity index (χ2v) is 7.76. The minimum Gasteiger partial charge on any atom is -0.356 e. The Bertz CT molecular complexity index is 866. The Hall–Kier alpha value is -2.45. The second kappa shape index (κ2) is 8.77. The molecule has 3 aromatic rings. The molecule has 0 aliphatic rings. The zero-order valence-electron chi connectivity index (χ0n) is 14.0. The van der Waals surface area contributed by atoms with Crippen molar-refractivity contribution in [2.24, 2.45) is 0 Å². The molecule has 2 aromatic carbocycles. The van der Waals surface area contributed by atoms with E-state index in [0.717, 1.165) is 16.8 Å². The fourth-order valence-electron chi connectivity index (χ4n) is 2.08. The highest BCUT2D eigenvalue weighted by Crippen LogP contribution is 2.26. The number of benzene rings is 2. The SMILES string of the molecule is Cc1ccc(NC(=O)CSc2nnc(NCc3ccc(F)cc3)s2)cc1. The zero-order chi connectivity index (χ0) is 18.4. The molecule has 2 N–H and O–H groups in total. The Balaban J connectivity index is 1.45. The van der Waals surface area contributed by atoms with Gasteiger partial charge in [0, 0.05) is 12.2 Å². The number of carbonyl (C=O) groups excluding carboxylic acids is 1. The third kappa shape index (κ3) is 5.53. The summed E-state index contributed by atoms with van der Waals surface area (Å²) in [6, 6.07) is 13.9. The van der Waals surface area contributed by atoms with Crippen molar-refractivity contribution in [1.82, 2.24) is 10.2 Å². The molecule has 0 aliphatic heterocycles. The monoisotopic (exact) mass is 388 g/mol. The predicted octanol–water partition coefficient (Wildman–Crippen LogP) is 4.33. The summed E-state index contributed by atoms with van der Waals surface area (Å²) in [6.45, 7) is 2.53. The molecule has 0 unspecified atom stereocenters. The van der Waals surface area contributed by atoms with Crippen LogP contribution in [0.1, 0.15) is 11.1 Å². The number of nitrogens with zero attached hydrogens (tertiary/aromatic N) is 2. The lowest BCUT2D eigenvalue weighted by atomic mass is 10.2. The summed E-state index contributed by atoms with van der Waals surface area (Å²) in [4.78, 5) is 12.0. The van der Waals surface area contributed by atoms with Gasteiger partial charge in [-0.25, -0.2) is 4.39 Å². The summed E-state index contributed by atoms with van der Waals surface area (Å²) in [6.07, 6.45) is 0. The van der Waals surface area contributed by atoms with E-state index >= 15 is 0 Å². The normalized spacial score (nSPS) is 10.5. The number of thioether (sulfide) groups is 1. The fourth-order valence-corrected chi connectivity index (χ4v) is 3.63. The first-order valence-corrected chi connectivity index (χ1v) is 9.70. The Morgan fingerprint density at radius 3 is 2.58 bits per heavy atom. The van der Waals surface area contributed by atoms with Crippen molar-refractivity contribution in [1.29, 1.82) is 0 Å². The van der Waals surface area contributed by atoms with Crippen LogP contribution in [0.15, 0.2) is 52.9 Å². The smallest absolute Gasteiger partial charge is 0.234 e. The lowest BCUT2D eigenvalue weighted by Gasteiger charge is -2.04. The van der Waals surface area contributed by atoms with Gasteiger partial charge in [-0.3, -0.25) is 4.79 Å². The maximum atomic E-state index is 12.9. The van der Waals surface area contributed by atoms with Crippen molar-refractivity contribution >= 4 is 39.8 Å². The van der Waals surface area contributed by atoms with Gasteiger partial charge in [0.15, 0.2) is 4.34 Å². The second-order valence-electron chi connectivity index (χ2n) is 5.56. The van der Waals surface area contributed by atoms with Crippen molar-refractivity contribution in [2.75, 3.05) is 16.4 Å². The van der Waals surface area contributed by atoms with Crippen LogP contribution in [0.5, 0.6) is 0 Å². The van der Waals surface area contributed by atoms with E-state index < -0.39 is 0 Å². The van der Waals surface area contributed by atoms with Gasteiger partial charge in [0.25, 0.3) is 0 Å². The number of aryl methyl sites for hydroxylation is 1. The number of hydrogen-bond donors (Lipinski definition) is 2. The van der Waals surface area contributed by atoms with Crippen LogP contribution < -0.4 is 10.6 Å². The van der Waals surface area contributed by atoms with Crippen LogP contribution in [-0.2, 0) is 11.3 Å². The average Bonchev–Trinajstić information content (AvgIpc) is 3.09. The molecule has 0 saturated heterocycles. The van der Waals surface area contributed by atoms with Crippen LogP contribution in [0.4, 0.5) is 15.2 Å². The molecule has 0 spiro atoms. The first-order valence-electron chi connectivity index (χ1n) is 7.89. The Labute approximate surface area is 159 Å². The summed E-state index contributed by atoms with van der Waals surface area (Å²) in [7, 11) is 0. The van der Waals surface area contributed by atoms with E-state index in [1.165, 1.54) is 35.2 Å². The first kappa shape index (κ1) is 18.3. The number of hydrogen-bond acceptors (Lipinski definition) is 6. The number of carbonyl (C=O) groups is 1. The van der Waals surface area contributed by atoms with Crippen molar-refractivity contribution in [2.45, 2.75) is 17.8 Å². The lowest BCUT2D eigenvalue weighted by molar-refractivity contribution is -0.113. The molecule has 26 heavy (non-hydrogen) atoms. The number of aromatic nitrogens is 2. The van der Waals surface area contributed by atoms with E-state index in [4.69, 9.17) is 0 Å². The van der Waals surface area contributed by atoms with Gasteiger partial charge in [0.05, 0.1) is 5.75 Å². The van der Waals surface area contributed by atoms with Crippen molar-refractivity contribution in [3.05, 3.63) is 65.5 Å². The molecule has 0 fully saturated rings. The maximum Gasteiger partial charge on any atom is 0.234 e. The minimum atomic E-state index is -0.257. The molecule has 0 atom stereocenters. The molecule has 134 valence electrons. The van der Waals surface area contributed by atoms with E-state index in [9.17, 15) is 9.18 Å². The molecule has 0 radical (unpaired) electrons. The molecule has 1 aromatic heterocycles. The van der Waals surface area contributed by atoms with Crippen molar-refractivity contribution < 1.29 is 9.18 Å². The maximum absolute atomic E-state index is 12.9. The Morgan fingerprint density at radius 1 is 1.12 bits per heavy atom. The van der Waals surface area contributed by atoms with Crippen LogP contribution >= 0.6 is 23.1 Å². The fraction of sp³-hybridized carbons (Fsp3) is 0.167. The van der Waals surface area contributed by atoms with Crippen LogP contribution in [0.2, 0.25) is 0 Å². The topological polar surface area (TPSA) is 66.9 Å². The third-order valence-electron chi connectivity index (χ3n) is 3.43. The number of anilines is 2. The van der Waals surface area contributed by atoms with Gasteiger partial charge in [-0.05, 0) is 36.8 Å². The molecule has 0 bridgehead atoms. The molecular formula is C18H17FN4OS2. The molecule has 0 saturated carbocycles. The van der Waals surface area contributed by atoms with Crippen LogP contribution in [0.25, 0.3) is 0 Å². The summed E-state index contributed by atoms with van der Waals surface area (Å²) >= 11 is 2.72. The number of halogens is 1. The molecule has 8 heteroatoms. The molecular weight excluding hydrogens is 371 g/mol. The molecule has 5 nitrogen and oxygen atoms in total. The van der Waals surface area contributed by atoms with Gasteiger partial charge in [-0.2, -0.15) is 0 Å². The number of rotatable bonds is 7. The quantitative estimate of drug-likeness (QED) is 0.590. The van der Waals surface area contributed by atoms with E-state index in [2.05, 4.69) is 20.8 Å². The largest absolute Gasteiger partial charge is 0.356 e. The summed E-state index contributed by atoms with van der Waals surface area (Å²) in [5, 5.41) is 14.8. The lowest BCUT2D eigenvalue weighted by Crippen LogP contribution is -2.13. The minimum absolute atomic E-state index is 0.0881. The highest BCUT2D eigenvalue weighted by Gasteiger charge is 2.08. The van der Waals surface area contributed by atoms with E-state index in [1.807, 2.05) is 31.2 Å². The highest BCUT2D eigenvalue weighted by atomic mass is 32.2. The first-order chi connectivity index (χ1) is 12.6. The van der Waals surface area contributed by atoms with Crippen LogP contribution in [-0.4, -0.2) is 21.9 Å². The molecule has 1 heterocycles. The van der Waals surface area contributed by atoms with E-state index in [1.54, 1.807) is 12.1 Å². The summed E-state index contributed by atoms with van der Waals surface area (Å²) < 4.78 is 13.6. The van der Waals surface area contributed by atoms with Gasteiger partial charge < -0.3 is 10.6 Å². The third-order valence-corrected chi connectivity index (χ3v) is 5.44. The summed E-state index contributed by atoms with van der Waals surface area (Å²) in [5.41, 5.74) is 2.88. The highest BCUT2D eigenvalue weighted by molar-refractivity contribution is 8.01. The molecule has 1 amide bonds. The zero-order valence-corrected chi connectivity index (χ0v) is 15.7. The number of nitrogens with one attached hydrogen (secondary N) is 2. The Kier molecular flexibility index (Phi) is 6.19. The predicted molar refractivity (Wildman–Crippen MR) is 104 cm³/mol. The molecule has 3 rings (SSSR count). The van der Waals surface area contributed by atoms with Crippen molar-refractivity contribution in [3.8, 4) is 0 Å². The van der Waals surface area contributed by atoms with Gasteiger partial charge in [-0.1, -0.05) is 52.9 Å². The van der Waals surface area contributed by atoms with E-state index in [-0.39, 0.29) is 17.5 Å². The van der Waals surface area contributed by atoms with E-state index in [0.29, 0.717) is 16.0 Å².